The third kappa shape index (κ3) is 3.79. The third-order valence-corrected chi connectivity index (χ3v) is 2.05. The highest BCUT2D eigenvalue weighted by Gasteiger charge is 2.44. The van der Waals surface area contributed by atoms with Crippen molar-refractivity contribution in [3.05, 3.63) is 0 Å². The second-order valence-electron chi connectivity index (χ2n) is 3.14. The molecule has 16 heavy (non-hydrogen) atoms. The molecular formula is C10H18O6. The number of methoxy groups -OCH3 is 1. The second-order valence-corrected chi connectivity index (χ2v) is 3.14. The SMILES string of the molecule is CCOC(=O)C(OC(C)=O)C(O)(CC)OC. The molecule has 1 N–H and O–H groups in total. The number of carbonyl (C=O) groups excluding carboxylic acids is 2. The molecule has 0 aromatic heterocycles. The van der Waals surface area contributed by atoms with Crippen molar-refractivity contribution < 1.29 is 28.9 Å². The van der Waals surface area contributed by atoms with Crippen molar-refractivity contribution in [3.63, 3.8) is 0 Å². The Kier molecular flexibility index (Phi) is 5.98. The van der Waals surface area contributed by atoms with Gasteiger partial charge in [0.15, 0.2) is 0 Å². The minimum atomic E-state index is -1.86. The van der Waals surface area contributed by atoms with E-state index in [1.165, 1.54) is 7.11 Å². The molecule has 0 aliphatic heterocycles. The summed E-state index contributed by atoms with van der Waals surface area (Å²) in [6.07, 6.45) is -1.39. The lowest BCUT2D eigenvalue weighted by Gasteiger charge is -2.31. The van der Waals surface area contributed by atoms with E-state index in [4.69, 9.17) is 14.2 Å². The zero-order chi connectivity index (χ0) is 12.8. The summed E-state index contributed by atoms with van der Waals surface area (Å²) in [6.45, 7) is 4.47. The van der Waals surface area contributed by atoms with Gasteiger partial charge < -0.3 is 19.3 Å². The average molecular weight is 234 g/mol. The third-order valence-electron chi connectivity index (χ3n) is 2.05. The number of carbonyl (C=O) groups is 2. The van der Waals surface area contributed by atoms with E-state index < -0.39 is 23.8 Å². The van der Waals surface area contributed by atoms with Crippen LogP contribution in [0, 0.1) is 0 Å². The first-order valence-electron chi connectivity index (χ1n) is 5.02. The molecule has 94 valence electrons. The molecule has 0 bridgehead atoms. The molecule has 0 aromatic carbocycles. The highest BCUT2D eigenvalue weighted by Crippen LogP contribution is 2.20. The molecular weight excluding hydrogens is 216 g/mol. The summed E-state index contributed by atoms with van der Waals surface area (Å²) in [5.41, 5.74) is 0. The molecule has 6 nitrogen and oxygen atoms in total. The zero-order valence-corrected chi connectivity index (χ0v) is 9.98. The Morgan fingerprint density at radius 1 is 1.38 bits per heavy atom. The van der Waals surface area contributed by atoms with Crippen LogP contribution in [0.5, 0.6) is 0 Å². The van der Waals surface area contributed by atoms with Gasteiger partial charge in [-0.05, 0) is 6.92 Å². The Morgan fingerprint density at radius 3 is 2.25 bits per heavy atom. The number of hydrogen-bond donors (Lipinski definition) is 1. The first-order chi connectivity index (χ1) is 7.41. The lowest BCUT2D eigenvalue weighted by molar-refractivity contribution is -0.254. The van der Waals surface area contributed by atoms with Gasteiger partial charge in [-0.1, -0.05) is 6.92 Å². The molecule has 2 unspecified atom stereocenters. The van der Waals surface area contributed by atoms with Crippen molar-refractivity contribution in [2.45, 2.75) is 39.1 Å². The van der Waals surface area contributed by atoms with E-state index in [2.05, 4.69) is 0 Å². The smallest absolute Gasteiger partial charge is 0.353 e. The van der Waals surface area contributed by atoms with Crippen molar-refractivity contribution in [3.8, 4) is 0 Å². The molecule has 0 rings (SSSR count). The van der Waals surface area contributed by atoms with Gasteiger partial charge in [0.05, 0.1) is 6.61 Å². The maximum Gasteiger partial charge on any atom is 0.353 e. The predicted octanol–water partition coefficient (Wildman–Crippen LogP) is 0.226. The van der Waals surface area contributed by atoms with Crippen LogP contribution in [0.25, 0.3) is 0 Å². The van der Waals surface area contributed by atoms with Crippen LogP contribution in [0.15, 0.2) is 0 Å². The number of esters is 2. The fourth-order valence-corrected chi connectivity index (χ4v) is 1.15. The summed E-state index contributed by atoms with van der Waals surface area (Å²) in [5, 5.41) is 9.93. The van der Waals surface area contributed by atoms with Crippen molar-refractivity contribution in [1.29, 1.82) is 0 Å². The van der Waals surface area contributed by atoms with Gasteiger partial charge in [-0.2, -0.15) is 0 Å². The quantitative estimate of drug-likeness (QED) is 0.523. The van der Waals surface area contributed by atoms with Crippen LogP contribution in [-0.2, 0) is 23.8 Å². The monoisotopic (exact) mass is 234 g/mol. The number of hydrogen-bond acceptors (Lipinski definition) is 6. The van der Waals surface area contributed by atoms with Crippen LogP contribution in [0.2, 0.25) is 0 Å². The van der Waals surface area contributed by atoms with Gasteiger partial charge in [0.25, 0.3) is 6.10 Å². The Hall–Kier alpha value is -1.14. The van der Waals surface area contributed by atoms with E-state index in [-0.39, 0.29) is 13.0 Å². The Morgan fingerprint density at radius 2 is 1.94 bits per heavy atom. The van der Waals surface area contributed by atoms with E-state index in [1.807, 2.05) is 0 Å². The zero-order valence-electron chi connectivity index (χ0n) is 9.98. The molecule has 0 amide bonds. The fourth-order valence-electron chi connectivity index (χ4n) is 1.15. The Labute approximate surface area is 94.5 Å². The molecule has 0 saturated heterocycles. The normalized spacial score (nSPS) is 16.1. The summed E-state index contributed by atoms with van der Waals surface area (Å²) >= 11 is 0. The summed E-state index contributed by atoms with van der Waals surface area (Å²) in [6, 6.07) is 0. The summed E-state index contributed by atoms with van der Waals surface area (Å²) < 4.78 is 14.2. The maximum absolute atomic E-state index is 11.5. The van der Waals surface area contributed by atoms with E-state index in [0.29, 0.717) is 0 Å². The predicted molar refractivity (Wildman–Crippen MR) is 54.4 cm³/mol. The van der Waals surface area contributed by atoms with Gasteiger partial charge in [0, 0.05) is 20.5 Å². The van der Waals surface area contributed by atoms with Gasteiger partial charge in [0.2, 0.25) is 5.79 Å². The summed E-state index contributed by atoms with van der Waals surface area (Å²) in [4.78, 5) is 22.3. The van der Waals surface area contributed by atoms with Crippen molar-refractivity contribution in [1.82, 2.24) is 0 Å². The van der Waals surface area contributed by atoms with E-state index >= 15 is 0 Å². The molecule has 0 radical (unpaired) electrons. The standard InChI is InChI=1S/C10H18O6/c1-5-10(13,14-4)8(16-7(3)11)9(12)15-6-2/h8,13H,5-6H2,1-4H3. The molecule has 0 spiro atoms. The Bertz CT molecular complexity index is 246. The van der Waals surface area contributed by atoms with Crippen LogP contribution >= 0.6 is 0 Å². The van der Waals surface area contributed by atoms with Crippen LogP contribution in [-0.4, -0.2) is 42.7 Å². The first kappa shape index (κ1) is 14.9. The average Bonchev–Trinajstić information content (AvgIpc) is 2.25. The van der Waals surface area contributed by atoms with E-state index in [1.54, 1.807) is 13.8 Å². The van der Waals surface area contributed by atoms with Crippen LogP contribution in [0.1, 0.15) is 27.2 Å². The lowest BCUT2D eigenvalue weighted by Crippen LogP contribution is -2.51. The van der Waals surface area contributed by atoms with Gasteiger partial charge in [0.1, 0.15) is 0 Å². The number of aliphatic hydroxyl groups is 1. The largest absolute Gasteiger partial charge is 0.463 e. The molecule has 0 aliphatic rings. The number of ether oxygens (including phenoxy) is 3. The van der Waals surface area contributed by atoms with E-state index in [9.17, 15) is 14.7 Å². The summed E-state index contributed by atoms with van der Waals surface area (Å²) in [7, 11) is 1.22. The molecule has 0 saturated carbocycles. The second kappa shape index (κ2) is 6.44. The van der Waals surface area contributed by atoms with Crippen molar-refractivity contribution >= 4 is 11.9 Å². The minimum Gasteiger partial charge on any atom is -0.463 e. The lowest BCUT2D eigenvalue weighted by atomic mass is 10.1. The minimum absolute atomic E-state index is 0.0836. The molecule has 0 aliphatic carbocycles. The molecule has 0 aromatic rings. The van der Waals surface area contributed by atoms with Crippen LogP contribution < -0.4 is 0 Å². The summed E-state index contributed by atoms with van der Waals surface area (Å²) in [5.74, 6) is -3.39. The van der Waals surface area contributed by atoms with Crippen LogP contribution in [0.4, 0.5) is 0 Å². The molecule has 6 heteroatoms. The highest BCUT2D eigenvalue weighted by atomic mass is 16.7. The van der Waals surface area contributed by atoms with Gasteiger partial charge in [-0.25, -0.2) is 4.79 Å². The topological polar surface area (TPSA) is 82.1 Å². The van der Waals surface area contributed by atoms with Gasteiger partial charge in [-0.3, -0.25) is 4.79 Å². The Balaban J connectivity index is 4.90. The van der Waals surface area contributed by atoms with Gasteiger partial charge in [-0.15, -0.1) is 0 Å². The van der Waals surface area contributed by atoms with Crippen molar-refractivity contribution in [2.75, 3.05) is 13.7 Å². The van der Waals surface area contributed by atoms with E-state index in [0.717, 1.165) is 6.92 Å². The number of rotatable bonds is 6. The first-order valence-corrected chi connectivity index (χ1v) is 5.02. The van der Waals surface area contributed by atoms with Gasteiger partial charge >= 0.3 is 11.9 Å². The maximum atomic E-state index is 11.5. The molecule has 2 atom stereocenters. The van der Waals surface area contributed by atoms with Crippen LogP contribution in [0.3, 0.4) is 0 Å². The fraction of sp³-hybridized carbons (Fsp3) is 0.800. The van der Waals surface area contributed by atoms with Crippen molar-refractivity contribution in [2.24, 2.45) is 0 Å². The molecule has 0 fully saturated rings. The highest BCUT2D eigenvalue weighted by molar-refractivity contribution is 5.79. The molecule has 0 heterocycles.